The fraction of sp³-hybridized carbons (Fsp3) is 0.800. The molecule has 2 saturated carbocycles. The Morgan fingerprint density at radius 3 is 2.89 bits per heavy atom. The predicted octanol–water partition coefficient (Wildman–Crippen LogP) is 2.93. The first-order valence-electron chi connectivity index (χ1n) is 7.63. The number of aromatic nitrogens is 2. The number of imidazole rings is 1. The highest BCUT2D eigenvalue weighted by Gasteiger charge is 2.31. The molecule has 3 nitrogen and oxygen atoms in total. The van der Waals surface area contributed by atoms with Crippen molar-refractivity contribution in [3.8, 4) is 0 Å². The minimum Gasteiger partial charge on any atom is -0.335 e. The molecule has 2 unspecified atom stereocenters. The molecular formula is C15H25N3. The topological polar surface area (TPSA) is 29.9 Å². The van der Waals surface area contributed by atoms with E-state index < -0.39 is 0 Å². The molecule has 100 valence electrons. The SMILES string of the molecule is CCn1ccnc1C1CCCCC1CNC1CC1. The van der Waals surface area contributed by atoms with Gasteiger partial charge in [-0.1, -0.05) is 12.8 Å². The molecule has 2 fully saturated rings. The molecular weight excluding hydrogens is 222 g/mol. The summed E-state index contributed by atoms with van der Waals surface area (Å²) < 4.78 is 2.33. The number of nitrogens with one attached hydrogen (secondary N) is 1. The molecule has 0 radical (unpaired) electrons. The minimum absolute atomic E-state index is 0.681. The zero-order valence-corrected chi connectivity index (χ0v) is 11.4. The molecule has 2 aliphatic rings. The Kier molecular flexibility index (Phi) is 3.69. The standard InChI is InChI=1S/C15H25N3/c1-2-18-10-9-16-15(18)14-6-4-3-5-12(14)11-17-13-7-8-13/h9-10,12-14,17H,2-8,11H2,1H3. The summed E-state index contributed by atoms with van der Waals surface area (Å²) in [4.78, 5) is 4.64. The van der Waals surface area contributed by atoms with Gasteiger partial charge in [0.1, 0.15) is 5.82 Å². The summed E-state index contributed by atoms with van der Waals surface area (Å²) >= 11 is 0. The molecule has 3 heteroatoms. The van der Waals surface area contributed by atoms with Crippen LogP contribution in [0.3, 0.4) is 0 Å². The highest BCUT2D eigenvalue weighted by Crippen LogP contribution is 2.37. The Bertz CT molecular complexity index is 381. The van der Waals surface area contributed by atoms with Gasteiger partial charge in [0.25, 0.3) is 0 Å². The van der Waals surface area contributed by atoms with Crippen molar-refractivity contribution in [2.45, 2.75) is 64.0 Å². The van der Waals surface area contributed by atoms with E-state index in [1.54, 1.807) is 0 Å². The molecule has 0 aliphatic heterocycles. The van der Waals surface area contributed by atoms with E-state index in [1.165, 1.54) is 50.9 Å². The molecule has 0 saturated heterocycles. The normalized spacial score (nSPS) is 28.5. The zero-order valence-electron chi connectivity index (χ0n) is 11.4. The van der Waals surface area contributed by atoms with E-state index in [0.717, 1.165) is 18.5 Å². The van der Waals surface area contributed by atoms with E-state index in [0.29, 0.717) is 5.92 Å². The summed E-state index contributed by atoms with van der Waals surface area (Å²) in [6.45, 7) is 4.46. The molecule has 0 spiro atoms. The second-order valence-electron chi connectivity index (χ2n) is 5.91. The Balaban J connectivity index is 1.69. The van der Waals surface area contributed by atoms with E-state index in [4.69, 9.17) is 0 Å². The van der Waals surface area contributed by atoms with Crippen molar-refractivity contribution in [3.05, 3.63) is 18.2 Å². The summed E-state index contributed by atoms with van der Waals surface area (Å²) in [6.07, 6.45) is 12.4. The van der Waals surface area contributed by atoms with Crippen molar-refractivity contribution >= 4 is 0 Å². The smallest absolute Gasteiger partial charge is 0.112 e. The summed E-state index contributed by atoms with van der Waals surface area (Å²) in [7, 11) is 0. The van der Waals surface area contributed by atoms with E-state index in [9.17, 15) is 0 Å². The molecule has 1 heterocycles. The fourth-order valence-electron chi connectivity index (χ4n) is 3.31. The van der Waals surface area contributed by atoms with E-state index >= 15 is 0 Å². The Morgan fingerprint density at radius 2 is 2.11 bits per heavy atom. The van der Waals surface area contributed by atoms with Gasteiger partial charge in [0.05, 0.1) is 0 Å². The third-order valence-corrected chi connectivity index (χ3v) is 4.58. The highest BCUT2D eigenvalue weighted by molar-refractivity contribution is 5.05. The Morgan fingerprint density at radius 1 is 1.28 bits per heavy atom. The third-order valence-electron chi connectivity index (χ3n) is 4.58. The second kappa shape index (κ2) is 5.43. The largest absolute Gasteiger partial charge is 0.335 e. The van der Waals surface area contributed by atoms with E-state index in [2.05, 4.69) is 28.0 Å². The van der Waals surface area contributed by atoms with Crippen molar-refractivity contribution in [2.75, 3.05) is 6.54 Å². The maximum Gasteiger partial charge on any atom is 0.112 e. The number of aryl methyl sites for hydroxylation is 1. The van der Waals surface area contributed by atoms with Crippen LogP contribution in [0.15, 0.2) is 12.4 Å². The van der Waals surface area contributed by atoms with Crippen LogP contribution in [0.2, 0.25) is 0 Å². The van der Waals surface area contributed by atoms with Crippen LogP contribution < -0.4 is 5.32 Å². The van der Waals surface area contributed by atoms with Crippen LogP contribution in [0.25, 0.3) is 0 Å². The number of nitrogens with zero attached hydrogens (tertiary/aromatic N) is 2. The maximum absolute atomic E-state index is 4.64. The van der Waals surface area contributed by atoms with E-state index in [1.807, 2.05) is 6.20 Å². The van der Waals surface area contributed by atoms with Crippen LogP contribution in [0.5, 0.6) is 0 Å². The molecule has 1 aromatic rings. The summed E-state index contributed by atoms with van der Waals surface area (Å²) in [6, 6.07) is 0.832. The first-order valence-corrected chi connectivity index (χ1v) is 7.63. The Labute approximate surface area is 110 Å². The molecule has 1 N–H and O–H groups in total. The van der Waals surface area contributed by atoms with Gasteiger partial charge in [-0.15, -0.1) is 0 Å². The lowest BCUT2D eigenvalue weighted by Crippen LogP contribution is -2.32. The second-order valence-corrected chi connectivity index (χ2v) is 5.91. The number of rotatable bonds is 5. The van der Waals surface area contributed by atoms with Gasteiger partial charge in [-0.3, -0.25) is 0 Å². The van der Waals surface area contributed by atoms with Gasteiger partial charge in [0.15, 0.2) is 0 Å². The van der Waals surface area contributed by atoms with Gasteiger partial charge >= 0.3 is 0 Å². The molecule has 0 bridgehead atoms. The first-order chi connectivity index (χ1) is 8.88. The number of hydrogen-bond acceptors (Lipinski definition) is 2. The van der Waals surface area contributed by atoms with Crippen LogP contribution in [-0.4, -0.2) is 22.1 Å². The summed E-state index contributed by atoms with van der Waals surface area (Å²) in [5, 5.41) is 3.72. The minimum atomic E-state index is 0.681. The quantitative estimate of drug-likeness (QED) is 0.867. The van der Waals surface area contributed by atoms with Crippen LogP contribution in [0.4, 0.5) is 0 Å². The van der Waals surface area contributed by atoms with Crippen LogP contribution >= 0.6 is 0 Å². The lowest BCUT2D eigenvalue weighted by molar-refractivity contribution is 0.281. The predicted molar refractivity (Wildman–Crippen MR) is 73.6 cm³/mol. The van der Waals surface area contributed by atoms with Crippen LogP contribution in [0, 0.1) is 5.92 Å². The fourth-order valence-corrected chi connectivity index (χ4v) is 3.31. The van der Waals surface area contributed by atoms with Crippen LogP contribution in [0.1, 0.15) is 57.2 Å². The van der Waals surface area contributed by atoms with Crippen molar-refractivity contribution in [1.82, 2.24) is 14.9 Å². The van der Waals surface area contributed by atoms with Gasteiger partial charge in [-0.25, -0.2) is 4.98 Å². The first kappa shape index (κ1) is 12.2. The average molecular weight is 247 g/mol. The molecule has 0 aromatic carbocycles. The van der Waals surface area contributed by atoms with Crippen molar-refractivity contribution in [2.24, 2.45) is 5.92 Å². The van der Waals surface area contributed by atoms with E-state index in [-0.39, 0.29) is 0 Å². The molecule has 1 aromatic heterocycles. The van der Waals surface area contributed by atoms with Gasteiger partial charge in [-0.2, -0.15) is 0 Å². The van der Waals surface area contributed by atoms with Gasteiger partial charge in [-0.05, 0) is 45.1 Å². The monoisotopic (exact) mass is 247 g/mol. The zero-order chi connectivity index (χ0) is 12.4. The highest BCUT2D eigenvalue weighted by atomic mass is 15.1. The molecule has 18 heavy (non-hydrogen) atoms. The average Bonchev–Trinajstić information content (AvgIpc) is 3.12. The molecule has 3 rings (SSSR count). The third kappa shape index (κ3) is 2.61. The van der Waals surface area contributed by atoms with Gasteiger partial charge in [0, 0.05) is 30.9 Å². The lowest BCUT2D eigenvalue weighted by atomic mass is 9.78. The van der Waals surface area contributed by atoms with Gasteiger partial charge in [0.2, 0.25) is 0 Å². The lowest BCUT2D eigenvalue weighted by Gasteiger charge is -2.31. The molecule has 0 amide bonds. The van der Waals surface area contributed by atoms with Gasteiger partial charge < -0.3 is 9.88 Å². The molecule has 2 aliphatic carbocycles. The van der Waals surface area contributed by atoms with Crippen molar-refractivity contribution in [1.29, 1.82) is 0 Å². The maximum atomic E-state index is 4.64. The summed E-state index contributed by atoms with van der Waals surface area (Å²) in [5.41, 5.74) is 0. The van der Waals surface area contributed by atoms with Crippen LogP contribution in [-0.2, 0) is 6.54 Å². The number of hydrogen-bond donors (Lipinski definition) is 1. The summed E-state index contributed by atoms with van der Waals surface area (Å²) in [5.74, 6) is 2.81. The van der Waals surface area contributed by atoms with Crippen molar-refractivity contribution in [3.63, 3.8) is 0 Å². The molecule has 2 atom stereocenters. The van der Waals surface area contributed by atoms with Crippen molar-refractivity contribution < 1.29 is 0 Å². The Hall–Kier alpha value is -0.830.